The molecule has 0 saturated carbocycles. The van der Waals surface area contributed by atoms with E-state index in [9.17, 15) is 12.9 Å². The molecule has 2 rings (SSSR count). The van der Waals surface area contributed by atoms with Gasteiger partial charge in [-0.3, -0.25) is 4.98 Å². The Labute approximate surface area is 151 Å². The molecule has 0 amide bonds. The number of rotatable bonds is 4. The van der Waals surface area contributed by atoms with E-state index in [0.29, 0.717) is 5.69 Å². The zero-order valence-corrected chi connectivity index (χ0v) is 13.5. The zero-order valence-electron chi connectivity index (χ0n) is 10.4. The Bertz CT molecular complexity index is 522. The molecule has 0 atom stereocenters. The molecule has 0 aliphatic heterocycles. The van der Waals surface area contributed by atoms with E-state index in [1.54, 1.807) is 24.4 Å². The summed E-state index contributed by atoms with van der Waals surface area (Å²) in [7, 11) is 0. The summed E-state index contributed by atoms with van der Waals surface area (Å²) in [6, 6.07) is 10.2. The summed E-state index contributed by atoms with van der Waals surface area (Å²) >= 11 is 0. The number of aromatic nitrogens is 1. The van der Waals surface area contributed by atoms with Crippen molar-refractivity contribution < 1.29 is 69.1 Å². The molecule has 2 aromatic rings. The van der Waals surface area contributed by atoms with Crippen LogP contribution in [0.25, 0.3) is 0 Å². The third-order valence-electron chi connectivity index (χ3n) is 2.35. The van der Waals surface area contributed by atoms with Gasteiger partial charge in [-0.1, -0.05) is 18.2 Å². The summed E-state index contributed by atoms with van der Waals surface area (Å²) in [5.74, 6) is 0.192. The van der Waals surface area contributed by atoms with Crippen molar-refractivity contribution in [3.63, 3.8) is 0 Å². The van der Waals surface area contributed by atoms with Crippen LogP contribution in [-0.2, 0) is 6.61 Å². The molecule has 0 radical (unpaired) electrons. The fourth-order valence-corrected chi connectivity index (χ4v) is 1.45. The molecule has 0 aliphatic rings. The number of hydrogen-bond acceptors (Lipinski definition) is 2. The molecular weight excluding hydrogens is 281 g/mol. The molecule has 1 heterocycles. The Morgan fingerprint density at radius 3 is 2.47 bits per heavy atom. The van der Waals surface area contributed by atoms with Crippen LogP contribution in [0.15, 0.2) is 48.7 Å². The number of nitrogens with zero attached hydrogens (tertiary/aromatic N) is 1. The SMILES string of the molecule is F[B-](F)(F)c1cccc(OCc2ccccn2)c1.[K+]. The predicted molar refractivity (Wildman–Crippen MR) is 63.7 cm³/mol. The number of benzene rings is 1. The molecule has 0 saturated heterocycles. The molecule has 19 heavy (non-hydrogen) atoms. The summed E-state index contributed by atoms with van der Waals surface area (Å²) in [4.78, 5) is 4.02. The molecule has 2 nitrogen and oxygen atoms in total. The fraction of sp³-hybridized carbons (Fsp3) is 0.0833. The summed E-state index contributed by atoms with van der Waals surface area (Å²) < 4.78 is 42.9. The first-order valence-corrected chi connectivity index (χ1v) is 5.38. The Balaban J connectivity index is 0.00000180. The van der Waals surface area contributed by atoms with Crippen LogP contribution in [-0.4, -0.2) is 12.0 Å². The number of halogens is 3. The summed E-state index contributed by atoms with van der Waals surface area (Å²) in [6.07, 6.45) is 1.61. The van der Waals surface area contributed by atoms with Crippen LogP contribution in [0.3, 0.4) is 0 Å². The van der Waals surface area contributed by atoms with Crippen LogP contribution in [0.1, 0.15) is 5.69 Å². The largest absolute Gasteiger partial charge is 1.00 e. The van der Waals surface area contributed by atoms with E-state index in [1.165, 1.54) is 12.1 Å². The van der Waals surface area contributed by atoms with Gasteiger partial charge in [0.1, 0.15) is 12.4 Å². The Hall–Kier alpha value is -0.339. The van der Waals surface area contributed by atoms with Gasteiger partial charge < -0.3 is 17.7 Å². The molecule has 1 aromatic carbocycles. The topological polar surface area (TPSA) is 22.1 Å². The minimum Gasteiger partial charge on any atom is -0.487 e. The first kappa shape index (κ1) is 16.7. The summed E-state index contributed by atoms with van der Waals surface area (Å²) in [6.45, 7) is -4.84. The summed E-state index contributed by atoms with van der Waals surface area (Å²) in [5.41, 5.74) is 0.00828. The van der Waals surface area contributed by atoms with E-state index in [2.05, 4.69) is 4.98 Å². The maximum absolute atomic E-state index is 12.5. The first-order valence-electron chi connectivity index (χ1n) is 5.38. The van der Waals surface area contributed by atoms with Crippen molar-refractivity contribution >= 4 is 12.4 Å². The normalized spacial score (nSPS) is 10.7. The van der Waals surface area contributed by atoms with Gasteiger partial charge in [-0.25, -0.2) is 0 Å². The quantitative estimate of drug-likeness (QED) is 0.723. The van der Waals surface area contributed by atoms with E-state index in [4.69, 9.17) is 4.74 Å². The second kappa shape index (κ2) is 7.45. The second-order valence-corrected chi connectivity index (χ2v) is 3.76. The monoisotopic (exact) mass is 291 g/mol. The van der Waals surface area contributed by atoms with Crippen LogP contribution in [0, 0.1) is 0 Å². The maximum Gasteiger partial charge on any atom is 1.00 e. The first-order chi connectivity index (χ1) is 8.55. The third-order valence-corrected chi connectivity index (χ3v) is 2.35. The van der Waals surface area contributed by atoms with Gasteiger partial charge in [0.05, 0.1) is 5.69 Å². The molecule has 1 aromatic heterocycles. The minimum atomic E-state index is -4.99. The van der Waals surface area contributed by atoms with Gasteiger partial charge in [-0.05, 0) is 24.3 Å². The van der Waals surface area contributed by atoms with Gasteiger partial charge in [-0.15, -0.1) is 5.46 Å². The molecule has 0 spiro atoms. The molecule has 0 bridgehead atoms. The molecule has 7 heteroatoms. The van der Waals surface area contributed by atoms with Gasteiger partial charge in [0, 0.05) is 6.20 Å². The average Bonchev–Trinajstić information content (AvgIpc) is 2.37. The van der Waals surface area contributed by atoms with Gasteiger partial charge in [0.15, 0.2) is 0 Å². The van der Waals surface area contributed by atoms with Gasteiger partial charge in [-0.2, -0.15) is 0 Å². The van der Waals surface area contributed by atoms with Crippen LogP contribution in [0.5, 0.6) is 5.75 Å². The molecule has 94 valence electrons. The second-order valence-electron chi connectivity index (χ2n) is 3.76. The van der Waals surface area contributed by atoms with Crippen LogP contribution in [0.2, 0.25) is 0 Å². The summed E-state index contributed by atoms with van der Waals surface area (Å²) in [5, 5.41) is 0. The molecule has 0 fully saturated rings. The third kappa shape index (κ3) is 5.27. The number of hydrogen-bond donors (Lipinski definition) is 0. The van der Waals surface area contributed by atoms with E-state index in [1.807, 2.05) is 0 Å². The maximum atomic E-state index is 12.5. The molecule has 0 unspecified atom stereocenters. The molecular formula is C12H10BF3KNO. The molecule has 0 aliphatic carbocycles. The van der Waals surface area contributed by atoms with E-state index in [0.717, 1.165) is 12.1 Å². The van der Waals surface area contributed by atoms with Crippen LogP contribution >= 0.6 is 0 Å². The van der Waals surface area contributed by atoms with Crippen molar-refractivity contribution in [2.75, 3.05) is 0 Å². The Kier molecular flexibility index (Phi) is 6.55. The molecule has 0 N–H and O–H groups in total. The Morgan fingerprint density at radius 1 is 1.05 bits per heavy atom. The zero-order chi connectivity index (χ0) is 13.0. The number of pyridine rings is 1. The van der Waals surface area contributed by atoms with Crippen molar-refractivity contribution in [1.29, 1.82) is 0 Å². The van der Waals surface area contributed by atoms with Crippen molar-refractivity contribution in [3.05, 3.63) is 54.4 Å². The number of ether oxygens (including phenoxy) is 1. The van der Waals surface area contributed by atoms with Crippen molar-refractivity contribution in [2.45, 2.75) is 6.61 Å². The predicted octanol–water partition coefficient (Wildman–Crippen LogP) is -0.281. The van der Waals surface area contributed by atoms with Crippen molar-refractivity contribution in [1.82, 2.24) is 4.98 Å². The van der Waals surface area contributed by atoms with Crippen molar-refractivity contribution in [3.8, 4) is 5.75 Å². The van der Waals surface area contributed by atoms with Gasteiger partial charge in [0.2, 0.25) is 0 Å². The van der Waals surface area contributed by atoms with E-state index in [-0.39, 0.29) is 63.7 Å². The van der Waals surface area contributed by atoms with Gasteiger partial charge >= 0.3 is 58.4 Å². The van der Waals surface area contributed by atoms with Gasteiger partial charge in [0.25, 0.3) is 0 Å². The van der Waals surface area contributed by atoms with E-state index >= 15 is 0 Å². The fourth-order valence-electron chi connectivity index (χ4n) is 1.45. The Morgan fingerprint density at radius 2 is 1.84 bits per heavy atom. The minimum absolute atomic E-state index is 0. The van der Waals surface area contributed by atoms with E-state index < -0.39 is 12.4 Å². The smallest absolute Gasteiger partial charge is 0.487 e. The standard InChI is InChI=1S/C12H10BF3NO.K/c14-13(15,16)10-4-3-6-12(8-10)18-9-11-5-1-2-7-17-11;/h1-8H,9H2;/q-1;+1. The van der Waals surface area contributed by atoms with Crippen LogP contribution in [0.4, 0.5) is 12.9 Å². The van der Waals surface area contributed by atoms with Crippen molar-refractivity contribution in [2.24, 2.45) is 0 Å². The average molecular weight is 291 g/mol. The van der Waals surface area contributed by atoms with Crippen LogP contribution < -0.4 is 61.6 Å².